The van der Waals surface area contributed by atoms with Crippen LogP contribution < -0.4 is 10.8 Å². The van der Waals surface area contributed by atoms with Crippen molar-refractivity contribution in [3.63, 3.8) is 0 Å². The number of benzene rings is 2. The summed E-state index contributed by atoms with van der Waals surface area (Å²) in [5, 5.41) is 3.17. The highest BCUT2D eigenvalue weighted by molar-refractivity contribution is 5.98. The number of anilines is 1. The zero-order valence-electron chi connectivity index (χ0n) is 15.2. The van der Waals surface area contributed by atoms with Crippen LogP contribution in [0.3, 0.4) is 0 Å². The second-order valence-electron chi connectivity index (χ2n) is 6.17. The van der Waals surface area contributed by atoms with Crippen LogP contribution in [0.25, 0.3) is 0 Å². The number of rotatable bonds is 7. The summed E-state index contributed by atoms with van der Waals surface area (Å²) < 4.78 is 38.3. The first-order chi connectivity index (χ1) is 13.9. The first-order valence-corrected chi connectivity index (χ1v) is 8.73. The van der Waals surface area contributed by atoms with Crippen LogP contribution in [0.15, 0.2) is 73.1 Å². The van der Waals surface area contributed by atoms with E-state index < -0.39 is 17.6 Å². The zero-order chi connectivity index (χ0) is 20.7. The lowest BCUT2D eigenvalue weighted by atomic mass is 10.1. The maximum atomic E-state index is 12.8. The quantitative estimate of drug-likeness (QED) is 0.569. The number of pyridine rings is 1. The number of alkyl halides is 3. The Labute approximate surface area is 165 Å². The van der Waals surface area contributed by atoms with Crippen LogP contribution in [0.4, 0.5) is 18.9 Å². The molecule has 0 saturated carbocycles. The molecule has 0 spiro atoms. The van der Waals surface area contributed by atoms with E-state index >= 15 is 0 Å². The third kappa shape index (κ3) is 5.79. The molecule has 3 aromatic rings. The Balaban J connectivity index is 1.59. The van der Waals surface area contributed by atoms with Crippen molar-refractivity contribution in [2.75, 3.05) is 5.32 Å². The molecule has 0 unspecified atom stereocenters. The fraction of sp³-hybridized carbons (Fsp3) is 0.143. The van der Waals surface area contributed by atoms with Crippen molar-refractivity contribution in [1.29, 1.82) is 0 Å². The summed E-state index contributed by atoms with van der Waals surface area (Å²) in [6, 6.07) is 15.3. The minimum absolute atomic E-state index is 0.192. The van der Waals surface area contributed by atoms with Crippen LogP contribution in [0.2, 0.25) is 0 Å². The van der Waals surface area contributed by atoms with Gasteiger partial charge in [-0.15, -0.1) is 0 Å². The van der Waals surface area contributed by atoms with Crippen molar-refractivity contribution < 1.29 is 22.8 Å². The molecular formula is C21H18F3N3O2. The Morgan fingerprint density at radius 2 is 1.72 bits per heavy atom. The zero-order valence-corrected chi connectivity index (χ0v) is 15.2. The summed E-state index contributed by atoms with van der Waals surface area (Å²) in [6.45, 7) is 0.306. The number of carbonyl (C=O) groups excluding carboxylic acids is 1. The Hall–Kier alpha value is -3.39. The molecule has 8 heteroatoms. The van der Waals surface area contributed by atoms with E-state index in [-0.39, 0.29) is 6.61 Å². The minimum Gasteiger partial charge on any atom is -0.380 e. The molecule has 0 bridgehead atoms. The number of hydroxylamine groups is 1. The summed E-state index contributed by atoms with van der Waals surface area (Å²) >= 11 is 0. The molecule has 1 heterocycles. The fourth-order valence-corrected chi connectivity index (χ4v) is 2.61. The summed E-state index contributed by atoms with van der Waals surface area (Å²) in [7, 11) is 0. The van der Waals surface area contributed by atoms with Gasteiger partial charge in [-0.2, -0.15) is 13.2 Å². The maximum absolute atomic E-state index is 12.8. The van der Waals surface area contributed by atoms with Gasteiger partial charge in [-0.05, 0) is 47.5 Å². The van der Waals surface area contributed by atoms with Gasteiger partial charge in [0.25, 0.3) is 5.91 Å². The van der Waals surface area contributed by atoms with Gasteiger partial charge in [-0.1, -0.05) is 24.3 Å². The second-order valence-corrected chi connectivity index (χ2v) is 6.17. The largest absolute Gasteiger partial charge is 0.416 e. The molecule has 0 aliphatic rings. The van der Waals surface area contributed by atoms with Gasteiger partial charge in [0, 0.05) is 24.6 Å². The first kappa shape index (κ1) is 20.3. The molecule has 0 aliphatic heterocycles. The van der Waals surface area contributed by atoms with Crippen LogP contribution >= 0.6 is 0 Å². The lowest BCUT2D eigenvalue weighted by Gasteiger charge is -2.13. The van der Waals surface area contributed by atoms with E-state index in [1.165, 1.54) is 12.1 Å². The molecule has 0 atom stereocenters. The normalized spacial score (nSPS) is 11.1. The van der Waals surface area contributed by atoms with Gasteiger partial charge >= 0.3 is 6.18 Å². The molecule has 2 aromatic carbocycles. The summed E-state index contributed by atoms with van der Waals surface area (Å²) in [6.07, 6.45) is -1.08. The third-order valence-corrected chi connectivity index (χ3v) is 4.06. The molecule has 0 aliphatic carbocycles. The molecule has 0 fully saturated rings. The van der Waals surface area contributed by atoms with E-state index in [2.05, 4.69) is 15.8 Å². The average molecular weight is 401 g/mol. The van der Waals surface area contributed by atoms with Gasteiger partial charge in [0.15, 0.2) is 0 Å². The number of halogens is 3. The Bertz CT molecular complexity index is 963. The lowest BCUT2D eigenvalue weighted by Crippen LogP contribution is -2.24. The van der Waals surface area contributed by atoms with Crippen LogP contribution in [-0.4, -0.2) is 10.9 Å². The molecule has 3 rings (SSSR count). The van der Waals surface area contributed by atoms with E-state index in [1.807, 2.05) is 12.1 Å². The molecule has 150 valence electrons. The van der Waals surface area contributed by atoms with Gasteiger partial charge in [0.05, 0.1) is 17.7 Å². The summed E-state index contributed by atoms with van der Waals surface area (Å²) in [4.78, 5) is 21.5. The Kier molecular flexibility index (Phi) is 6.46. The van der Waals surface area contributed by atoms with E-state index in [0.29, 0.717) is 23.4 Å². The van der Waals surface area contributed by atoms with Gasteiger partial charge in [0.2, 0.25) is 0 Å². The number of amides is 1. The van der Waals surface area contributed by atoms with Crippen LogP contribution in [-0.2, 0) is 24.2 Å². The van der Waals surface area contributed by atoms with Crippen molar-refractivity contribution in [3.8, 4) is 0 Å². The predicted molar refractivity (Wildman–Crippen MR) is 102 cm³/mol. The highest BCUT2D eigenvalue weighted by atomic mass is 19.4. The van der Waals surface area contributed by atoms with Gasteiger partial charge in [-0.3, -0.25) is 14.6 Å². The van der Waals surface area contributed by atoms with Crippen LogP contribution in [0.5, 0.6) is 0 Å². The van der Waals surface area contributed by atoms with Gasteiger partial charge in [0.1, 0.15) is 0 Å². The van der Waals surface area contributed by atoms with E-state index in [9.17, 15) is 18.0 Å². The van der Waals surface area contributed by atoms with Crippen molar-refractivity contribution in [2.24, 2.45) is 0 Å². The molecule has 1 aromatic heterocycles. The van der Waals surface area contributed by atoms with E-state index in [4.69, 9.17) is 4.84 Å². The Morgan fingerprint density at radius 1 is 0.966 bits per heavy atom. The molecule has 29 heavy (non-hydrogen) atoms. The number of para-hydroxylation sites is 1. The van der Waals surface area contributed by atoms with Crippen molar-refractivity contribution >= 4 is 11.6 Å². The SMILES string of the molecule is O=C(NOCc1cccc(C(F)(F)F)c1)c1ccccc1NCc1ccncc1. The lowest BCUT2D eigenvalue weighted by molar-refractivity contribution is -0.137. The van der Waals surface area contributed by atoms with E-state index in [1.54, 1.807) is 36.7 Å². The smallest absolute Gasteiger partial charge is 0.380 e. The second kappa shape index (κ2) is 9.20. The number of aromatic nitrogens is 1. The van der Waals surface area contributed by atoms with Crippen molar-refractivity contribution in [3.05, 3.63) is 95.3 Å². The number of hydrogen-bond donors (Lipinski definition) is 2. The minimum atomic E-state index is -4.43. The van der Waals surface area contributed by atoms with Gasteiger partial charge < -0.3 is 5.32 Å². The monoisotopic (exact) mass is 401 g/mol. The fourth-order valence-electron chi connectivity index (χ4n) is 2.61. The summed E-state index contributed by atoms with van der Waals surface area (Å²) in [5.41, 5.74) is 3.75. The van der Waals surface area contributed by atoms with Crippen molar-refractivity contribution in [1.82, 2.24) is 10.5 Å². The molecule has 2 N–H and O–H groups in total. The predicted octanol–water partition coefficient (Wildman–Crippen LogP) is 4.57. The Morgan fingerprint density at radius 3 is 2.48 bits per heavy atom. The van der Waals surface area contributed by atoms with E-state index in [0.717, 1.165) is 17.7 Å². The van der Waals surface area contributed by atoms with Gasteiger partial charge in [-0.25, -0.2) is 5.48 Å². The molecule has 5 nitrogen and oxygen atoms in total. The van der Waals surface area contributed by atoms with Crippen LogP contribution in [0, 0.1) is 0 Å². The standard InChI is InChI=1S/C21H18F3N3O2/c22-21(23,24)17-5-3-4-16(12-17)14-29-27-20(28)18-6-1-2-7-19(18)26-13-15-8-10-25-11-9-15/h1-12,26H,13-14H2,(H,27,28). The topological polar surface area (TPSA) is 63.2 Å². The highest BCUT2D eigenvalue weighted by Gasteiger charge is 2.30. The van der Waals surface area contributed by atoms with Crippen molar-refractivity contribution in [2.45, 2.75) is 19.3 Å². The van der Waals surface area contributed by atoms with Crippen LogP contribution in [0.1, 0.15) is 27.0 Å². The maximum Gasteiger partial charge on any atom is 0.416 e. The number of nitrogens with one attached hydrogen (secondary N) is 2. The number of carbonyl (C=O) groups is 1. The molecule has 0 radical (unpaired) electrons. The summed E-state index contributed by atoms with van der Waals surface area (Å²) in [5.74, 6) is -0.505. The average Bonchev–Trinajstić information content (AvgIpc) is 2.73. The molecule has 1 amide bonds. The highest BCUT2D eigenvalue weighted by Crippen LogP contribution is 2.29. The third-order valence-electron chi connectivity index (χ3n) is 4.06. The number of hydrogen-bond acceptors (Lipinski definition) is 4. The first-order valence-electron chi connectivity index (χ1n) is 8.73. The molecule has 0 saturated heterocycles. The molecular weight excluding hydrogens is 383 g/mol. The number of nitrogens with zero attached hydrogens (tertiary/aromatic N) is 1.